The summed E-state index contributed by atoms with van der Waals surface area (Å²) >= 11 is 8.39. The number of nitrogens with zero attached hydrogens (tertiary/aromatic N) is 3. The maximum Gasteiger partial charge on any atom is 0.0969 e. The van der Waals surface area contributed by atoms with Gasteiger partial charge in [-0.05, 0) is 47.3 Å². The van der Waals surface area contributed by atoms with E-state index in [2.05, 4.69) is 45.1 Å². The molecular formula is C11H12ClIN4. The molecule has 0 amide bonds. The highest BCUT2D eigenvalue weighted by Gasteiger charge is 2.06. The topological polar surface area (TPSA) is 42.7 Å². The fourth-order valence-electron chi connectivity index (χ4n) is 1.42. The minimum Gasteiger partial charge on any atom is -0.311 e. The van der Waals surface area contributed by atoms with Crippen molar-refractivity contribution in [2.75, 3.05) is 6.54 Å². The maximum atomic E-state index is 6.17. The largest absolute Gasteiger partial charge is 0.311 e. The summed E-state index contributed by atoms with van der Waals surface area (Å²) < 4.78 is 2.80. The molecule has 2 rings (SSSR count). The van der Waals surface area contributed by atoms with Crippen LogP contribution in [0.15, 0.2) is 24.4 Å². The molecule has 4 nitrogen and oxygen atoms in total. The fourth-order valence-corrected chi connectivity index (χ4v) is 2.36. The molecule has 0 unspecified atom stereocenters. The van der Waals surface area contributed by atoms with Crippen molar-refractivity contribution in [3.05, 3.63) is 38.7 Å². The molecule has 0 aliphatic heterocycles. The summed E-state index contributed by atoms with van der Waals surface area (Å²) in [5.41, 5.74) is 1.75. The van der Waals surface area contributed by atoms with Crippen LogP contribution in [0.25, 0.3) is 5.69 Å². The Morgan fingerprint density at radius 2 is 2.29 bits per heavy atom. The molecule has 2 aromatic rings. The number of aromatic nitrogens is 3. The van der Waals surface area contributed by atoms with Crippen LogP contribution < -0.4 is 5.32 Å². The second-order valence-corrected chi connectivity index (χ2v) is 5.18. The van der Waals surface area contributed by atoms with Crippen molar-refractivity contribution < 1.29 is 0 Å². The zero-order chi connectivity index (χ0) is 12.3. The van der Waals surface area contributed by atoms with Crippen LogP contribution in [0.1, 0.15) is 12.6 Å². The van der Waals surface area contributed by atoms with Gasteiger partial charge in [0.25, 0.3) is 0 Å². The monoisotopic (exact) mass is 362 g/mol. The van der Waals surface area contributed by atoms with Gasteiger partial charge in [-0.15, -0.1) is 5.10 Å². The van der Waals surface area contributed by atoms with Gasteiger partial charge in [0.2, 0.25) is 0 Å². The Labute approximate surface area is 118 Å². The van der Waals surface area contributed by atoms with E-state index in [1.54, 1.807) is 4.68 Å². The predicted octanol–water partition coefficient (Wildman–Crippen LogP) is 2.63. The zero-order valence-corrected chi connectivity index (χ0v) is 12.2. The van der Waals surface area contributed by atoms with Crippen LogP contribution >= 0.6 is 34.2 Å². The fraction of sp³-hybridized carbons (Fsp3) is 0.273. The summed E-state index contributed by atoms with van der Waals surface area (Å²) in [5, 5.41) is 12.0. The molecule has 0 radical (unpaired) electrons. The summed E-state index contributed by atoms with van der Waals surface area (Å²) in [5.74, 6) is 0. The van der Waals surface area contributed by atoms with Crippen molar-refractivity contribution in [2.45, 2.75) is 13.5 Å². The van der Waals surface area contributed by atoms with E-state index in [4.69, 9.17) is 11.6 Å². The third-order valence-electron chi connectivity index (χ3n) is 2.25. The lowest BCUT2D eigenvalue weighted by Crippen LogP contribution is -2.11. The Bertz CT molecular complexity index is 512. The molecule has 17 heavy (non-hydrogen) atoms. The number of hydrogen-bond donors (Lipinski definition) is 1. The minimum atomic E-state index is 0.678. The molecule has 0 aliphatic rings. The SMILES string of the molecule is CCNCc1cn(-c2ccc(I)cc2Cl)nn1. The second-order valence-electron chi connectivity index (χ2n) is 3.53. The van der Waals surface area contributed by atoms with E-state index in [9.17, 15) is 0 Å². The van der Waals surface area contributed by atoms with Gasteiger partial charge in [0.1, 0.15) is 0 Å². The highest BCUT2D eigenvalue weighted by Crippen LogP contribution is 2.22. The molecule has 1 aromatic carbocycles. The molecule has 6 heteroatoms. The Morgan fingerprint density at radius 1 is 1.47 bits per heavy atom. The first kappa shape index (κ1) is 12.8. The molecule has 0 saturated carbocycles. The lowest BCUT2D eigenvalue weighted by molar-refractivity contribution is 0.705. The molecule has 1 aromatic heterocycles. The lowest BCUT2D eigenvalue weighted by Gasteiger charge is -2.03. The van der Waals surface area contributed by atoms with Gasteiger partial charge in [0.15, 0.2) is 0 Å². The average molecular weight is 363 g/mol. The van der Waals surface area contributed by atoms with Crippen molar-refractivity contribution >= 4 is 34.2 Å². The van der Waals surface area contributed by atoms with E-state index in [-0.39, 0.29) is 0 Å². The van der Waals surface area contributed by atoms with Gasteiger partial charge in [-0.25, -0.2) is 4.68 Å². The molecular weight excluding hydrogens is 351 g/mol. The summed E-state index contributed by atoms with van der Waals surface area (Å²) in [6.07, 6.45) is 1.89. The first-order valence-electron chi connectivity index (χ1n) is 5.28. The van der Waals surface area contributed by atoms with Crippen molar-refractivity contribution in [1.82, 2.24) is 20.3 Å². The van der Waals surface area contributed by atoms with Crippen LogP contribution in [0.3, 0.4) is 0 Å². The van der Waals surface area contributed by atoms with Gasteiger partial charge < -0.3 is 5.32 Å². The van der Waals surface area contributed by atoms with Gasteiger partial charge in [-0.3, -0.25) is 0 Å². The molecule has 0 fully saturated rings. The van der Waals surface area contributed by atoms with E-state index in [0.717, 1.165) is 28.0 Å². The van der Waals surface area contributed by atoms with Gasteiger partial charge in [-0.1, -0.05) is 23.7 Å². The van der Waals surface area contributed by atoms with Crippen LogP contribution in [0.2, 0.25) is 5.02 Å². The van der Waals surface area contributed by atoms with Crippen LogP contribution in [0, 0.1) is 3.57 Å². The van der Waals surface area contributed by atoms with Gasteiger partial charge in [-0.2, -0.15) is 0 Å². The number of rotatable bonds is 4. The Hall–Kier alpha value is -0.660. The third-order valence-corrected chi connectivity index (χ3v) is 3.23. The van der Waals surface area contributed by atoms with Crippen molar-refractivity contribution in [3.8, 4) is 5.69 Å². The van der Waals surface area contributed by atoms with Crippen LogP contribution in [0.4, 0.5) is 0 Å². The van der Waals surface area contributed by atoms with Crippen molar-refractivity contribution in [2.24, 2.45) is 0 Å². The molecule has 90 valence electrons. The smallest absolute Gasteiger partial charge is 0.0969 e. The lowest BCUT2D eigenvalue weighted by atomic mass is 10.3. The second kappa shape index (κ2) is 5.79. The van der Waals surface area contributed by atoms with E-state index >= 15 is 0 Å². The van der Waals surface area contributed by atoms with Gasteiger partial charge in [0, 0.05) is 10.1 Å². The Morgan fingerprint density at radius 3 is 3.00 bits per heavy atom. The number of hydrogen-bond acceptors (Lipinski definition) is 3. The molecule has 0 spiro atoms. The van der Waals surface area contributed by atoms with E-state index in [1.807, 2.05) is 24.4 Å². The summed E-state index contributed by atoms with van der Waals surface area (Å²) in [4.78, 5) is 0. The van der Waals surface area contributed by atoms with E-state index < -0.39 is 0 Å². The molecule has 0 atom stereocenters. The highest BCUT2D eigenvalue weighted by molar-refractivity contribution is 14.1. The minimum absolute atomic E-state index is 0.678. The Balaban J connectivity index is 2.24. The maximum absolute atomic E-state index is 6.17. The number of nitrogens with one attached hydrogen (secondary N) is 1. The normalized spacial score (nSPS) is 10.8. The van der Waals surface area contributed by atoms with Gasteiger partial charge >= 0.3 is 0 Å². The first-order valence-corrected chi connectivity index (χ1v) is 6.73. The quantitative estimate of drug-likeness (QED) is 0.850. The average Bonchev–Trinajstić information content (AvgIpc) is 2.75. The van der Waals surface area contributed by atoms with Crippen molar-refractivity contribution in [1.29, 1.82) is 0 Å². The van der Waals surface area contributed by atoms with Crippen LogP contribution in [-0.2, 0) is 6.54 Å². The number of halogens is 2. The molecule has 0 saturated heterocycles. The van der Waals surface area contributed by atoms with E-state index in [0.29, 0.717) is 5.02 Å². The number of benzene rings is 1. The van der Waals surface area contributed by atoms with Crippen LogP contribution in [-0.4, -0.2) is 21.5 Å². The zero-order valence-electron chi connectivity index (χ0n) is 9.32. The molecule has 0 aliphatic carbocycles. The van der Waals surface area contributed by atoms with Crippen LogP contribution in [0.5, 0.6) is 0 Å². The summed E-state index contributed by atoms with van der Waals surface area (Å²) in [7, 11) is 0. The van der Waals surface area contributed by atoms with Crippen molar-refractivity contribution in [3.63, 3.8) is 0 Å². The molecule has 1 heterocycles. The van der Waals surface area contributed by atoms with E-state index in [1.165, 1.54) is 0 Å². The summed E-state index contributed by atoms with van der Waals surface area (Å²) in [6.45, 7) is 3.69. The third kappa shape index (κ3) is 3.17. The standard InChI is InChI=1S/C11H12ClIN4/c1-2-14-6-9-7-17(16-15-9)11-4-3-8(13)5-10(11)12/h3-5,7,14H,2,6H2,1H3. The highest BCUT2D eigenvalue weighted by atomic mass is 127. The molecule has 0 bridgehead atoms. The predicted molar refractivity (Wildman–Crippen MR) is 76.5 cm³/mol. The first-order chi connectivity index (χ1) is 8.20. The Kier molecular flexibility index (Phi) is 4.36. The summed E-state index contributed by atoms with van der Waals surface area (Å²) in [6, 6.07) is 5.84. The molecule has 1 N–H and O–H groups in total. The van der Waals surface area contributed by atoms with Gasteiger partial charge in [0.05, 0.1) is 22.6 Å².